The van der Waals surface area contributed by atoms with Gasteiger partial charge in [0.25, 0.3) is 0 Å². The zero-order valence-electron chi connectivity index (χ0n) is 10.7. The fourth-order valence-corrected chi connectivity index (χ4v) is 1.74. The van der Waals surface area contributed by atoms with Crippen molar-refractivity contribution in [2.24, 2.45) is 0 Å². The van der Waals surface area contributed by atoms with Gasteiger partial charge in [0.2, 0.25) is 0 Å². The van der Waals surface area contributed by atoms with Crippen molar-refractivity contribution in [2.45, 2.75) is 18.9 Å². The van der Waals surface area contributed by atoms with Crippen LogP contribution >= 0.6 is 0 Å². The number of rotatable bonds is 6. The molecule has 0 saturated carbocycles. The summed E-state index contributed by atoms with van der Waals surface area (Å²) in [5.74, 6) is -0.647. The van der Waals surface area contributed by atoms with E-state index in [9.17, 15) is 9.18 Å². The zero-order chi connectivity index (χ0) is 13.6. The van der Waals surface area contributed by atoms with Gasteiger partial charge in [-0.05, 0) is 24.6 Å². The van der Waals surface area contributed by atoms with Gasteiger partial charge in [-0.25, -0.2) is 4.39 Å². The second kappa shape index (κ2) is 6.31. The number of esters is 1. The molecule has 0 aliphatic rings. The Labute approximate surface area is 107 Å². The van der Waals surface area contributed by atoms with Crippen LogP contribution in [0.15, 0.2) is 36.9 Å². The van der Waals surface area contributed by atoms with Crippen molar-refractivity contribution in [2.75, 3.05) is 13.7 Å². The molecule has 0 spiro atoms. The van der Waals surface area contributed by atoms with E-state index in [4.69, 9.17) is 4.74 Å². The summed E-state index contributed by atoms with van der Waals surface area (Å²) in [5.41, 5.74) is 0.0155. The lowest BCUT2D eigenvalue weighted by atomic mass is 9.92. The highest BCUT2D eigenvalue weighted by Crippen LogP contribution is 2.15. The number of nitrogens with one attached hydrogen (secondary N) is 1. The van der Waals surface area contributed by atoms with E-state index >= 15 is 0 Å². The van der Waals surface area contributed by atoms with E-state index in [2.05, 4.69) is 11.9 Å². The number of carbonyl (C=O) groups is 1. The van der Waals surface area contributed by atoms with Crippen LogP contribution in [0.25, 0.3) is 0 Å². The molecular formula is C14H18FNO2. The van der Waals surface area contributed by atoms with E-state index in [1.165, 1.54) is 19.2 Å². The number of hydrogen-bond acceptors (Lipinski definition) is 3. The highest BCUT2D eigenvalue weighted by atomic mass is 19.1. The minimum Gasteiger partial charge on any atom is -0.468 e. The second-order valence-corrected chi connectivity index (χ2v) is 4.30. The molecule has 0 heterocycles. The smallest absolute Gasteiger partial charge is 0.326 e. The van der Waals surface area contributed by atoms with Gasteiger partial charge in [-0.15, -0.1) is 6.58 Å². The number of benzene rings is 1. The molecule has 0 radical (unpaired) electrons. The van der Waals surface area contributed by atoms with Gasteiger partial charge in [0, 0.05) is 13.0 Å². The third-order valence-corrected chi connectivity index (χ3v) is 2.74. The van der Waals surface area contributed by atoms with Gasteiger partial charge in [-0.2, -0.15) is 0 Å². The monoisotopic (exact) mass is 251 g/mol. The third-order valence-electron chi connectivity index (χ3n) is 2.74. The average Bonchev–Trinajstić information content (AvgIpc) is 2.38. The van der Waals surface area contributed by atoms with Crippen LogP contribution in [0.3, 0.4) is 0 Å². The first-order valence-electron chi connectivity index (χ1n) is 5.70. The third kappa shape index (κ3) is 3.67. The van der Waals surface area contributed by atoms with Crippen LogP contribution in [0.2, 0.25) is 0 Å². The molecule has 1 unspecified atom stereocenters. The number of hydrogen-bond donors (Lipinski definition) is 1. The Bertz CT molecular complexity index is 416. The maximum absolute atomic E-state index is 12.8. The standard InChI is InChI=1S/C14H18FNO2/c1-4-9-16-14(2,13(17)18-3)10-11-5-7-12(15)8-6-11/h4-8,16H,1,9-10H2,2-3H3. The topological polar surface area (TPSA) is 38.3 Å². The van der Waals surface area contributed by atoms with E-state index < -0.39 is 5.54 Å². The van der Waals surface area contributed by atoms with Crippen LogP contribution < -0.4 is 5.32 Å². The first-order chi connectivity index (χ1) is 8.51. The Balaban J connectivity index is 2.86. The molecule has 0 aliphatic carbocycles. The van der Waals surface area contributed by atoms with Gasteiger partial charge in [0.05, 0.1) is 7.11 Å². The Hall–Kier alpha value is -1.68. The number of ether oxygens (including phenoxy) is 1. The predicted molar refractivity (Wildman–Crippen MR) is 68.7 cm³/mol. The molecule has 0 amide bonds. The van der Waals surface area contributed by atoms with Crippen molar-refractivity contribution in [1.29, 1.82) is 0 Å². The summed E-state index contributed by atoms with van der Waals surface area (Å²) in [6.45, 7) is 5.85. The summed E-state index contributed by atoms with van der Waals surface area (Å²) in [7, 11) is 1.35. The summed E-state index contributed by atoms with van der Waals surface area (Å²) >= 11 is 0. The molecule has 0 fully saturated rings. The molecule has 1 atom stereocenters. The van der Waals surface area contributed by atoms with Crippen molar-refractivity contribution >= 4 is 5.97 Å². The van der Waals surface area contributed by atoms with Crippen LogP contribution in [0.1, 0.15) is 12.5 Å². The highest BCUT2D eigenvalue weighted by Gasteiger charge is 2.33. The molecule has 1 N–H and O–H groups in total. The van der Waals surface area contributed by atoms with Gasteiger partial charge < -0.3 is 4.74 Å². The van der Waals surface area contributed by atoms with Crippen molar-refractivity contribution in [3.8, 4) is 0 Å². The van der Waals surface area contributed by atoms with Gasteiger partial charge in [0.1, 0.15) is 11.4 Å². The van der Waals surface area contributed by atoms with E-state index in [-0.39, 0.29) is 11.8 Å². The molecule has 0 aromatic heterocycles. The predicted octanol–water partition coefficient (Wildman–Crippen LogP) is 2.08. The molecule has 1 aromatic carbocycles. The molecule has 1 aromatic rings. The SMILES string of the molecule is C=CCNC(C)(Cc1ccc(F)cc1)C(=O)OC. The van der Waals surface area contributed by atoms with E-state index in [1.54, 1.807) is 25.1 Å². The van der Waals surface area contributed by atoms with E-state index in [1.807, 2.05) is 0 Å². The summed E-state index contributed by atoms with van der Waals surface area (Å²) in [4.78, 5) is 11.8. The fourth-order valence-electron chi connectivity index (χ4n) is 1.74. The fraction of sp³-hybridized carbons (Fsp3) is 0.357. The summed E-state index contributed by atoms with van der Waals surface area (Å²) in [6.07, 6.45) is 2.10. The Kier molecular flexibility index (Phi) is 5.04. The largest absolute Gasteiger partial charge is 0.468 e. The Morgan fingerprint density at radius 2 is 2.11 bits per heavy atom. The van der Waals surface area contributed by atoms with Crippen LogP contribution in [0, 0.1) is 5.82 Å². The summed E-state index contributed by atoms with van der Waals surface area (Å²) in [5, 5.41) is 3.07. The maximum Gasteiger partial charge on any atom is 0.326 e. The van der Waals surface area contributed by atoms with Crippen molar-refractivity contribution in [1.82, 2.24) is 5.32 Å². The van der Waals surface area contributed by atoms with Crippen LogP contribution in [-0.4, -0.2) is 25.2 Å². The van der Waals surface area contributed by atoms with Gasteiger partial charge >= 0.3 is 5.97 Å². The maximum atomic E-state index is 12.8. The van der Waals surface area contributed by atoms with Gasteiger partial charge in [-0.1, -0.05) is 18.2 Å². The lowest BCUT2D eigenvalue weighted by Crippen LogP contribution is -2.52. The lowest BCUT2D eigenvalue weighted by Gasteiger charge is -2.27. The molecule has 18 heavy (non-hydrogen) atoms. The van der Waals surface area contributed by atoms with Crippen LogP contribution in [-0.2, 0) is 16.0 Å². The lowest BCUT2D eigenvalue weighted by molar-refractivity contribution is -0.147. The summed E-state index contributed by atoms with van der Waals surface area (Å²) < 4.78 is 17.6. The normalized spacial score (nSPS) is 13.7. The molecule has 3 nitrogen and oxygen atoms in total. The number of carbonyl (C=O) groups excluding carboxylic acids is 1. The molecule has 98 valence electrons. The van der Waals surface area contributed by atoms with Gasteiger partial charge in [0.15, 0.2) is 0 Å². The molecular weight excluding hydrogens is 233 g/mol. The minimum absolute atomic E-state index is 0.294. The van der Waals surface area contributed by atoms with Crippen LogP contribution in [0.4, 0.5) is 4.39 Å². The quantitative estimate of drug-likeness (QED) is 0.621. The molecule has 1 rings (SSSR count). The second-order valence-electron chi connectivity index (χ2n) is 4.30. The Morgan fingerprint density at radius 1 is 1.50 bits per heavy atom. The van der Waals surface area contributed by atoms with Crippen molar-refractivity contribution in [3.63, 3.8) is 0 Å². The average molecular weight is 251 g/mol. The molecule has 0 saturated heterocycles. The molecule has 0 aliphatic heterocycles. The van der Waals surface area contributed by atoms with E-state index in [0.717, 1.165) is 5.56 Å². The Morgan fingerprint density at radius 3 is 2.61 bits per heavy atom. The first-order valence-corrected chi connectivity index (χ1v) is 5.70. The number of halogens is 1. The minimum atomic E-state index is -0.846. The highest BCUT2D eigenvalue weighted by molar-refractivity contribution is 5.80. The zero-order valence-corrected chi connectivity index (χ0v) is 10.7. The molecule has 0 bridgehead atoms. The summed E-state index contributed by atoms with van der Waals surface area (Å²) in [6, 6.07) is 6.07. The van der Waals surface area contributed by atoms with Crippen molar-refractivity contribution < 1.29 is 13.9 Å². The van der Waals surface area contributed by atoms with Crippen molar-refractivity contribution in [3.05, 3.63) is 48.3 Å². The van der Waals surface area contributed by atoms with Gasteiger partial charge in [-0.3, -0.25) is 10.1 Å². The molecule has 4 heteroatoms. The van der Waals surface area contributed by atoms with Crippen LogP contribution in [0.5, 0.6) is 0 Å². The number of methoxy groups -OCH3 is 1. The van der Waals surface area contributed by atoms with E-state index in [0.29, 0.717) is 13.0 Å². The first kappa shape index (κ1) is 14.4.